The van der Waals surface area contributed by atoms with Crippen molar-refractivity contribution in [2.75, 3.05) is 5.32 Å². The second kappa shape index (κ2) is 6.08. The number of hydrogen-bond acceptors (Lipinski definition) is 3. The average molecular weight is 310 g/mol. The maximum absolute atomic E-state index is 12.5. The number of rotatable bonds is 4. The summed E-state index contributed by atoms with van der Waals surface area (Å²) in [7, 11) is 0. The SMILES string of the molecule is CCn1c(=O)n(CC(=O)Nc2ncccc2C)c2ccccc21. The predicted octanol–water partition coefficient (Wildman–Crippen LogP) is 2.17. The number of amides is 1. The largest absolute Gasteiger partial charge is 0.329 e. The van der Waals surface area contributed by atoms with E-state index in [-0.39, 0.29) is 18.1 Å². The lowest BCUT2D eigenvalue weighted by Gasteiger charge is -2.07. The number of benzene rings is 1. The first kappa shape index (κ1) is 15.0. The summed E-state index contributed by atoms with van der Waals surface area (Å²) in [6.07, 6.45) is 1.62. The highest BCUT2D eigenvalue weighted by molar-refractivity contribution is 5.91. The molecule has 3 aromatic rings. The highest BCUT2D eigenvalue weighted by Gasteiger charge is 2.15. The van der Waals surface area contributed by atoms with Crippen molar-refractivity contribution in [3.8, 4) is 0 Å². The molecule has 0 fully saturated rings. The number of carbonyl (C=O) groups is 1. The lowest BCUT2D eigenvalue weighted by atomic mass is 10.3. The van der Waals surface area contributed by atoms with Gasteiger partial charge in [-0.05, 0) is 37.6 Å². The Hall–Kier alpha value is -2.89. The zero-order valence-corrected chi connectivity index (χ0v) is 13.1. The van der Waals surface area contributed by atoms with Gasteiger partial charge in [0.2, 0.25) is 5.91 Å². The van der Waals surface area contributed by atoms with E-state index >= 15 is 0 Å². The van der Waals surface area contributed by atoms with Crippen LogP contribution >= 0.6 is 0 Å². The van der Waals surface area contributed by atoms with Crippen molar-refractivity contribution in [1.29, 1.82) is 0 Å². The highest BCUT2D eigenvalue weighted by Crippen LogP contribution is 2.13. The second-order valence-electron chi connectivity index (χ2n) is 5.32. The fraction of sp³-hybridized carbons (Fsp3) is 0.235. The number of hydrogen-bond donors (Lipinski definition) is 1. The third-order valence-electron chi connectivity index (χ3n) is 3.81. The minimum atomic E-state index is -0.270. The number of aryl methyl sites for hydroxylation is 2. The van der Waals surface area contributed by atoms with E-state index in [2.05, 4.69) is 10.3 Å². The molecular formula is C17H18N4O2. The van der Waals surface area contributed by atoms with E-state index < -0.39 is 0 Å². The quantitative estimate of drug-likeness (QED) is 0.803. The number of anilines is 1. The van der Waals surface area contributed by atoms with E-state index in [1.54, 1.807) is 10.8 Å². The van der Waals surface area contributed by atoms with Crippen LogP contribution in [0.1, 0.15) is 12.5 Å². The molecule has 0 aliphatic rings. The molecule has 118 valence electrons. The van der Waals surface area contributed by atoms with Gasteiger partial charge in [0.05, 0.1) is 11.0 Å². The van der Waals surface area contributed by atoms with Crippen LogP contribution in [0.3, 0.4) is 0 Å². The average Bonchev–Trinajstić information content (AvgIpc) is 2.81. The van der Waals surface area contributed by atoms with Crippen molar-refractivity contribution in [2.24, 2.45) is 0 Å². The molecule has 1 amide bonds. The number of nitrogens with one attached hydrogen (secondary N) is 1. The molecule has 0 atom stereocenters. The molecule has 6 nitrogen and oxygen atoms in total. The Morgan fingerprint density at radius 2 is 1.83 bits per heavy atom. The third-order valence-corrected chi connectivity index (χ3v) is 3.81. The minimum Gasteiger partial charge on any atom is -0.309 e. The standard InChI is InChI=1S/C17H18N4O2/c1-3-20-13-8-4-5-9-14(13)21(17(20)23)11-15(22)19-16-12(2)7-6-10-18-16/h4-10H,3,11H2,1-2H3,(H,18,19,22). The van der Waals surface area contributed by atoms with Crippen molar-refractivity contribution in [1.82, 2.24) is 14.1 Å². The fourth-order valence-electron chi connectivity index (χ4n) is 2.66. The molecule has 0 spiro atoms. The Labute approximate surface area is 133 Å². The van der Waals surface area contributed by atoms with Gasteiger partial charge in [0.15, 0.2) is 0 Å². The lowest BCUT2D eigenvalue weighted by Crippen LogP contribution is -2.29. The summed E-state index contributed by atoms with van der Waals surface area (Å²) >= 11 is 0. The monoisotopic (exact) mass is 310 g/mol. The van der Waals surface area contributed by atoms with E-state index in [0.717, 1.165) is 16.6 Å². The topological polar surface area (TPSA) is 68.9 Å². The Bertz CT molecular complexity index is 924. The van der Waals surface area contributed by atoms with Gasteiger partial charge in [-0.3, -0.25) is 13.9 Å². The summed E-state index contributed by atoms with van der Waals surface area (Å²) in [5.41, 5.74) is 2.29. The molecule has 0 saturated carbocycles. The van der Waals surface area contributed by atoms with Crippen LogP contribution in [-0.2, 0) is 17.9 Å². The van der Waals surface area contributed by atoms with Crippen LogP contribution in [0.5, 0.6) is 0 Å². The normalized spacial score (nSPS) is 10.9. The zero-order valence-electron chi connectivity index (χ0n) is 13.1. The predicted molar refractivity (Wildman–Crippen MR) is 89.5 cm³/mol. The van der Waals surface area contributed by atoms with Gasteiger partial charge in [-0.15, -0.1) is 0 Å². The lowest BCUT2D eigenvalue weighted by molar-refractivity contribution is -0.116. The van der Waals surface area contributed by atoms with Crippen LogP contribution in [0.4, 0.5) is 5.82 Å². The van der Waals surface area contributed by atoms with Gasteiger partial charge in [0.1, 0.15) is 12.4 Å². The number of aromatic nitrogens is 3. The molecule has 2 aromatic heterocycles. The van der Waals surface area contributed by atoms with Gasteiger partial charge in [0, 0.05) is 12.7 Å². The molecule has 1 aromatic carbocycles. The Morgan fingerprint density at radius 1 is 1.13 bits per heavy atom. The van der Waals surface area contributed by atoms with Crippen LogP contribution in [0.25, 0.3) is 11.0 Å². The van der Waals surface area contributed by atoms with E-state index in [0.29, 0.717) is 12.4 Å². The molecule has 0 unspecified atom stereocenters. The summed E-state index contributed by atoms with van der Waals surface area (Å²) in [4.78, 5) is 29.0. The maximum atomic E-state index is 12.5. The van der Waals surface area contributed by atoms with E-state index in [1.165, 1.54) is 4.57 Å². The smallest absolute Gasteiger partial charge is 0.309 e. The molecule has 6 heteroatoms. The fourth-order valence-corrected chi connectivity index (χ4v) is 2.66. The molecule has 0 aliphatic carbocycles. The van der Waals surface area contributed by atoms with Crippen LogP contribution < -0.4 is 11.0 Å². The summed E-state index contributed by atoms with van der Waals surface area (Å²) in [6.45, 7) is 4.31. The first-order valence-electron chi connectivity index (χ1n) is 7.51. The molecule has 0 bridgehead atoms. The van der Waals surface area contributed by atoms with Gasteiger partial charge in [-0.1, -0.05) is 18.2 Å². The van der Waals surface area contributed by atoms with Crippen LogP contribution in [0.15, 0.2) is 47.4 Å². The molecule has 0 saturated heterocycles. The Kier molecular flexibility index (Phi) is 3.97. The highest BCUT2D eigenvalue weighted by atomic mass is 16.2. The van der Waals surface area contributed by atoms with Gasteiger partial charge < -0.3 is 5.32 Å². The van der Waals surface area contributed by atoms with Gasteiger partial charge in [-0.2, -0.15) is 0 Å². The van der Waals surface area contributed by atoms with Gasteiger partial charge in [0.25, 0.3) is 0 Å². The van der Waals surface area contributed by atoms with Crippen LogP contribution in [0, 0.1) is 6.92 Å². The molecule has 0 aliphatic heterocycles. The second-order valence-corrected chi connectivity index (χ2v) is 5.32. The summed E-state index contributed by atoms with van der Waals surface area (Å²) in [5, 5.41) is 2.76. The van der Waals surface area contributed by atoms with E-state index in [4.69, 9.17) is 0 Å². The zero-order chi connectivity index (χ0) is 16.4. The van der Waals surface area contributed by atoms with Crippen molar-refractivity contribution in [3.63, 3.8) is 0 Å². The molecule has 1 N–H and O–H groups in total. The van der Waals surface area contributed by atoms with E-state index in [1.807, 2.05) is 50.2 Å². The van der Waals surface area contributed by atoms with Crippen molar-refractivity contribution in [2.45, 2.75) is 26.9 Å². The first-order valence-corrected chi connectivity index (χ1v) is 7.51. The summed E-state index contributed by atoms with van der Waals surface area (Å²) in [5.74, 6) is 0.248. The van der Waals surface area contributed by atoms with Crippen LogP contribution in [0.2, 0.25) is 0 Å². The third kappa shape index (κ3) is 2.75. The summed E-state index contributed by atoms with van der Waals surface area (Å²) < 4.78 is 3.15. The molecular weight excluding hydrogens is 292 g/mol. The van der Waals surface area contributed by atoms with E-state index in [9.17, 15) is 9.59 Å². The molecule has 2 heterocycles. The number of pyridine rings is 1. The summed E-state index contributed by atoms with van der Waals surface area (Å²) in [6, 6.07) is 11.2. The number of imidazole rings is 1. The number of carbonyl (C=O) groups excluding carboxylic acids is 1. The maximum Gasteiger partial charge on any atom is 0.329 e. The van der Waals surface area contributed by atoms with Crippen molar-refractivity contribution < 1.29 is 4.79 Å². The first-order chi connectivity index (χ1) is 11.1. The number of nitrogens with zero attached hydrogens (tertiary/aromatic N) is 3. The minimum absolute atomic E-state index is 0.0393. The van der Waals surface area contributed by atoms with Gasteiger partial charge >= 0.3 is 5.69 Å². The van der Waals surface area contributed by atoms with Crippen LogP contribution in [-0.4, -0.2) is 20.0 Å². The van der Waals surface area contributed by atoms with Crippen molar-refractivity contribution >= 4 is 22.8 Å². The van der Waals surface area contributed by atoms with Gasteiger partial charge in [-0.25, -0.2) is 9.78 Å². The molecule has 0 radical (unpaired) electrons. The Morgan fingerprint density at radius 3 is 2.48 bits per heavy atom. The Balaban J connectivity index is 1.93. The van der Waals surface area contributed by atoms with Crippen molar-refractivity contribution in [3.05, 3.63) is 58.6 Å². The molecule has 23 heavy (non-hydrogen) atoms. The number of para-hydroxylation sites is 2. The molecule has 3 rings (SSSR count). The number of fused-ring (bicyclic) bond motifs is 1.